The van der Waals surface area contributed by atoms with Gasteiger partial charge < -0.3 is 9.64 Å². The molecule has 0 bridgehead atoms. The minimum atomic E-state index is -3.86. The van der Waals surface area contributed by atoms with Crippen molar-refractivity contribution in [2.24, 2.45) is 0 Å². The van der Waals surface area contributed by atoms with E-state index in [4.69, 9.17) is 4.74 Å². The first-order valence-corrected chi connectivity index (χ1v) is 10.7. The maximum absolute atomic E-state index is 13.9. The lowest BCUT2D eigenvalue weighted by Gasteiger charge is -2.36. The van der Waals surface area contributed by atoms with Crippen LogP contribution in [0.4, 0.5) is 4.39 Å². The van der Waals surface area contributed by atoms with E-state index in [0.717, 1.165) is 12.5 Å². The molecule has 0 N–H and O–H groups in total. The Morgan fingerprint density at radius 1 is 1.19 bits per heavy atom. The molecule has 1 aromatic carbocycles. The van der Waals surface area contributed by atoms with E-state index < -0.39 is 15.8 Å². The van der Waals surface area contributed by atoms with Crippen LogP contribution in [0, 0.1) is 5.82 Å². The van der Waals surface area contributed by atoms with Gasteiger partial charge in [-0.2, -0.15) is 4.31 Å². The first-order valence-electron chi connectivity index (χ1n) is 9.28. The van der Waals surface area contributed by atoms with Crippen molar-refractivity contribution in [3.05, 3.63) is 30.1 Å². The second-order valence-electron chi connectivity index (χ2n) is 6.85. The zero-order valence-corrected chi connectivity index (χ0v) is 16.3. The number of carbonyl (C=O) groups excluding carboxylic acids is 1. The monoisotopic (exact) mass is 399 g/mol. The molecule has 2 fully saturated rings. The van der Waals surface area contributed by atoms with Gasteiger partial charge in [0.2, 0.25) is 15.9 Å². The molecule has 150 valence electrons. The minimum Gasteiger partial charge on any atom is -0.375 e. The van der Waals surface area contributed by atoms with Crippen molar-refractivity contribution in [2.75, 3.05) is 52.4 Å². The number of hydrogen-bond acceptors (Lipinski definition) is 5. The van der Waals surface area contributed by atoms with Crippen LogP contribution >= 0.6 is 0 Å². The van der Waals surface area contributed by atoms with E-state index >= 15 is 0 Å². The van der Waals surface area contributed by atoms with Crippen LogP contribution < -0.4 is 0 Å². The lowest BCUT2D eigenvalue weighted by atomic mass is 10.2. The van der Waals surface area contributed by atoms with Crippen molar-refractivity contribution in [1.29, 1.82) is 0 Å². The smallest absolute Gasteiger partial charge is 0.246 e. The number of amides is 1. The molecule has 0 aliphatic carbocycles. The Kier molecular flexibility index (Phi) is 6.46. The fourth-order valence-corrected chi connectivity index (χ4v) is 4.89. The number of nitrogens with zero attached hydrogens (tertiary/aromatic N) is 3. The molecule has 1 aromatic rings. The fourth-order valence-electron chi connectivity index (χ4n) is 3.41. The average molecular weight is 399 g/mol. The molecule has 2 heterocycles. The molecule has 1 unspecified atom stereocenters. The summed E-state index contributed by atoms with van der Waals surface area (Å²) >= 11 is 0. The highest BCUT2D eigenvalue weighted by Crippen LogP contribution is 2.20. The lowest BCUT2D eigenvalue weighted by molar-refractivity contribution is -0.140. The number of sulfonamides is 1. The van der Waals surface area contributed by atoms with Crippen LogP contribution in [-0.2, 0) is 19.6 Å². The molecular weight excluding hydrogens is 373 g/mol. The Bertz CT molecular complexity index is 766. The molecule has 0 radical (unpaired) electrons. The number of hydrogen-bond donors (Lipinski definition) is 0. The summed E-state index contributed by atoms with van der Waals surface area (Å²) in [5.41, 5.74) is 0. The molecule has 0 spiro atoms. The van der Waals surface area contributed by atoms with Crippen molar-refractivity contribution < 1.29 is 22.3 Å². The van der Waals surface area contributed by atoms with Crippen LogP contribution in [0.5, 0.6) is 0 Å². The molecule has 27 heavy (non-hydrogen) atoms. The summed E-state index contributed by atoms with van der Waals surface area (Å²) in [5.74, 6) is -0.699. The number of halogens is 1. The summed E-state index contributed by atoms with van der Waals surface area (Å²) in [7, 11) is -3.86. The van der Waals surface area contributed by atoms with E-state index in [-0.39, 0.29) is 36.5 Å². The van der Waals surface area contributed by atoms with Crippen molar-refractivity contribution in [3.8, 4) is 0 Å². The molecule has 1 atom stereocenters. The van der Waals surface area contributed by atoms with E-state index in [1.54, 1.807) is 0 Å². The van der Waals surface area contributed by atoms with Gasteiger partial charge in [0, 0.05) is 39.3 Å². The number of piperazine rings is 1. The van der Waals surface area contributed by atoms with Crippen molar-refractivity contribution >= 4 is 15.9 Å². The minimum absolute atomic E-state index is 0.0437. The molecule has 3 rings (SSSR count). The molecule has 2 saturated heterocycles. The van der Waals surface area contributed by atoms with Gasteiger partial charge in [0.15, 0.2) is 0 Å². The van der Waals surface area contributed by atoms with Crippen molar-refractivity contribution in [2.45, 2.75) is 24.3 Å². The Balaban J connectivity index is 1.54. The number of morpholine rings is 1. The van der Waals surface area contributed by atoms with Gasteiger partial charge in [0.25, 0.3) is 0 Å². The van der Waals surface area contributed by atoms with Gasteiger partial charge in [0.1, 0.15) is 10.7 Å². The first kappa shape index (κ1) is 20.2. The topological polar surface area (TPSA) is 70.2 Å². The van der Waals surface area contributed by atoms with Gasteiger partial charge in [0.05, 0.1) is 19.3 Å². The number of carbonyl (C=O) groups is 1. The second-order valence-corrected chi connectivity index (χ2v) is 8.76. The Morgan fingerprint density at radius 3 is 2.56 bits per heavy atom. The van der Waals surface area contributed by atoms with Crippen LogP contribution in [0.2, 0.25) is 0 Å². The summed E-state index contributed by atoms with van der Waals surface area (Å²) in [6.45, 7) is 5.43. The molecule has 2 aliphatic rings. The van der Waals surface area contributed by atoms with Gasteiger partial charge in [-0.1, -0.05) is 19.1 Å². The lowest BCUT2D eigenvalue weighted by Crippen LogP contribution is -2.53. The number of benzene rings is 1. The van der Waals surface area contributed by atoms with Gasteiger partial charge in [-0.3, -0.25) is 9.69 Å². The van der Waals surface area contributed by atoms with Gasteiger partial charge in [-0.05, 0) is 18.6 Å². The highest BCUT2D eigenvalue weighted by atomic mass is 32.2. The summed E-state index contributed by atoms with van der Waals surface area (Å²) in [4.78, 5) is 16.0. The number of rotatable bonds is 5. The van der Waals surface area contributed by atoms with Crippen molar-refractivity contribution in [3.63, 3.8) is 0 Å². The second kappa shape index (κ2) is 8.64. The van der Waals surface area contributed by atoms with E-state index in [2.05, 4.69) is 0 Å². The molecular formula is C18H26FN3O4S. The van der Waals surface area contributed by atoms with Gasteiger partial charge >= 0.3 is 0 Å². The van der Waals surface area contributed by atoms with Crippen LogP contribution in [0.1, 0.15) is 13.3 Å². The summed E-state index contributed by atoms with van der Waals surface area (Å²) < 4.78 is 46.0. The summed E-state index contributed by atoms with van der Waals surface area (Å²) in [5, 5.41) is 0. The van der Waals surface area contributed by atoms with E-state index in [9.17, 15) is 17.6 Å². The van der Waals surface area contributed by atoms with Crippen LogP contribution in [0.25, 0.3) is 0 Å². The van der Waals surface area contributed by atoms with Crippen LogP contribution in [-0.4, -0.2) is 87.0 Å². The van der Waals surface area contributed by atoms with Crippen LogP contribution in [0.15, 0.2) is 29.2 Å². The van der Waals surface area contributed by atoms with Gasteiger partial charge in [-0.15, -0.1) is 0 Å². The molecule has 7 nitrogen and oxygen atoms in total. The Labute approximate surface area is 159 Å². The SMILES string of the molecule is CCC1CN(C(=O)CN2CCN(S(=O)(=O)c3ccccc3F)CC2)CCO1. The predicted octanol–water partition coefficient (Wildman–Crippen LogP) is 0.769. The zero-order chi connectivity index (χ0) is 19.4. The Hall–Kier alpha value is -1.55. The van der Waals surface area contributed by atoms with Gasteiger partial charge in [-0.25, -0.2) is 12.8 Å². The molecule has 1 amide bonds. The largest absolute Gasteiger partial charge is 0.375 e. The first-order chi connectivity index (χ1) is 12.9. The zero-order valence-electron chi connectivity index (χ0n) is 15.5. The van der Waals surface area contributed by atoms with E-state index in [0.29, 0.717) is 32.8 Å². The maximum atomic E-state index is 13.9. The molecule has 0 saturated carbocycles. The highest BCUT2D eigenvalue weighted by molar-refractivity contribution is 7.89. The highest BCUT2D eigenvalue weighted by Gasteiger charge is 2.32. The van der Waals surface area contributed by atoms with Crippen LogP contribution in [0.3, 0.4) is 0 Å². The third-order valence-corrected chi connectivity index (χ3v) is 7.02. The van der Waals surface area contributed by atoms with E-state index in [1.807, 2.05) is 16.7 Å². The summed E-state index contributed by atoms with van der Waals surface area (Å²) in [6, 6.07) is 5.40. The maximum Gasteiger partial charge on any atom is 0.246 e. The number of ether oxygens (including phenoxy) is 1. The molecule has 2 aliphatic heterocycles. The quantitative estimate of drug-likeness (QED) is 0.732. The normalized spacial score (nSPS) is 22.7. The Morgan fingerprint density at radius 2 is 1.89 bits per heavy atom. The predicted molar refractivity (Wildman–Crippen MR) is 98.2 cm³/mol. The molecule has 9 heteroatoms. The summed E-state index contributed by atoms with van der Waals surface area (Å²) in [6.07, 6.45) is 0.960. The molecule has 0 aromatic heterocycles. The third kappa shape index (κ3) is 4.66. The average Bonchev–Trinajstić information content (AvgIpc) is 2.68. The van der Waals surface area contributed by atoms with Crippen molar-refractivity contribution in [1.82, 2.24) is 14.1 Å². The van der Waals surface area contributed by atoms with E-state index in [1.165, 1.54) is 22.5 Å². The third-order valence-electron chi connectivity index (χ3n) is 5.09. The fraction of sp³-hybridized carbons (Fsp3) is 0.611. The standard InChI is InChI=1S/C18H26FN3O4S/c1-2-15-13-21(11-12-26-15)18(23)14-20-7-9-22(10-8-20)27(24,25)17-6-4-3-5-16(17)19/h3-6,15H,2,7-14H2,1H3.